The van der Waals surface area contributed by atoms with Crippen molar-refractivity contribution in [3.8, 4) is 5.75 Å². The predicted molar refractivity (Wildman–Crippen MR) is 97.0 cm³/mol. The van der Waals surface area contributed by atoms with Crippen LogP contribution in [-0.4, -0.2) is 24.0 Å². The van der Waals surface area contributed by atoms with Crippen molar-refractivity contribution in [1.82, 2.24) is 10.3 Å². The lowest BCUT2D eigenvalue weighted by atomic mass is 10.2. The van der Waals surface area contributed by atoms with Gasteiger partial charge >= 0.3 is 0 Å². The van der Waals surface area contributed by atoms with Crippen LogP contribution in [0.4, 0.5) is 11.5 Å². The smallest absolute Gasteiger partial charge is 0.251 e. The molecule has 0 bridgehead atoms. The Morgan fingerprint density at radius 1 is 1.12 bits per heavy atom. The van der Waals surface area contributed by atoms with Gasteiger partial charge in [-0.2, -0.15) is 0 Å². The average molecular weight is 327 g/mol. The van der Waals surface area contributed by atoms with Crippen LogP contribution >= 0.6 is 0 Å². The summed E-state index contributed by atoms with van der Waals surface area (Å²) >= 11 is 0. The Morgan fingerprint density at radius 3 is 2.62 bits per heavy atom. The molecule has 1 amide bonds. The molecule has 0 unspecified atom stereocenters. The average Bonchev–Trinajstić information content (AvgIpc) is 2.61. The standard InChI is InChI=1S/C19H25N3O2/c1-3-5-6-12-21-19(23)15-11-13-20-18(14-15)22-16-7-9-17(10-8-16)24-4-2/h7-11,13-14H,3-6,12H2,1-2H3,(H,20,22)(H,21,23). The molecule has 0 radical (unpaired) electrons. The molecular weight excluding hydrogens is 302 g/mol. The Kier molecular flexibility index (Phi) is 7.08. The van der Waals surface area contributed by atoms with Crippen LogP contribution in [0.1, 0.15) is 43.5 Å². The minimum Gasteiger partial charge on any atom is -0.494 e. The van der Waals surface area contributed by atoms with E-state index in [0.717, 1.165) is 30.7 Å². The largest absolute Gasteiger partial charge is 0.494 e. The maximum absolute atomic E-state index is 12.1. The fraction of sp³-hybridized carbons (Fsp3) is 0.368. The summed E-state index contributed by atoms with van der Waals surface area (Å²) in [4.78, 5) is 16.4. The number of rotatable bonds is 9. The summed E-state index contributed by atoms with van der Waals surface area (Å²) in [5.41, 5.74) is 1.50. The van der Waals surface area contributed by atoms with Crippen molar-refractivity contribution in [3.05, 3.63) is 48.2 Å². The van der Waals surface area contributed by atoms with Crippen molar-refractivity contribution >= 4 is 17.4 Å². The van der Waals surface area contributed by atoms with Crippen LogP contribution in [0.15, 0.2) is 42.6 Å². The second kappa shape index (κ2) is 9.55. The van der Waals surface area contributed by atoms with E-state index >= 15 is 0 Å². The predicted octanol–water partition coefficient (Wildman–Crippen LogP) is 4.14. The zero-order valence-corrected chi connectivity index (χ0v) is 14.3. The number of nitrogens with zero attached hydrogens (tertiary/aromatic N) is 1. The highest BCUT2D eigenvalue weighted by Gasteiger charge is 2.06. The number of benzene rings is 1. The number of carbonyl (C=O) groups is 1. The molecule has 1 heterocycles. The van der Waals surface area contributed by atoms with Gasteiger partial charge in [0, 0.05) is 24.0 Å². The molecule has 2 aromatic rings. The van der Waals surface area contributed by atoms with Gasteiger partial charge in [0.25, 0.3) is 5.91 Å². The SMILES string of the molecule is CCCCCNC(=O)c1ccnc(Nc2ccc(OCC)cc2)c1. The summed E-state index contributed by atoms with van der Waals surface area (Å²) in [6.45, 7) is 5.44. The Balaban J connectivity index is 1.95. The van der Waals surface area contributed by atoms with E-state index in [2.05, 4.69) is 22.5 Å². The number of carbonyl (C=O) groups excluding carboxylic acids is 1. The maximum atomic E-state index is 12.1. The van der Waals surface area contributed by atoms with Crippen molar-refractivity contribution in [2.24, 2.45) is 0 Å². The van der Waals surface area contributed by atoms with Crippen LogP contribution in [0.2, 0.25) is 0 Å². The second-order valence-corrected chi connectivity index (χ2v) is 5.48. The minimum absolute atomic E-state index is 0.0664. The Morgan fingerprint density at radius 2 is 1.92 bits per heavy atom. The van der Waals surface area contributed by atoms with E-state index in [1.54, 1.807) is 18.3 Å². The summed E-state index contributed by atoms with van der Waals surface area (Å²) in [5, 5.41) is 6.13. The van der Waals surface area contributed by atoms with Gasteiger partial charge in [0.2, 0.25) is 0 Å². The van der Waals surface area contributed by atoms with Gasteiger partial charge in [-0.15, -0.1) is 0 Å². The van der Waals surface area contributed by atoms with Gasteiger partial charge in [0.15, 0.2) is 0 Å². The summed E-state index contributed by atoms with van der Waals surface area (Å²) in [6.07, 6.45) is 4.91. The lowest BCUT2D eigenvalue weighted by molar-refractivity contribution is 0.0953. The molecule has 0 aliphatic carbocycles. The highest BCUT2D eigenvalue weighted by atomic mass is 16.5. The summed E-state index contributed by atoms with van der Waals surface area (Å²) in [5.74, 6) is 1.40. The van der Waals surface area contributed by atoms with Gasteiger partial charge in [0.1, 0.15) is 11.6 Å². The number of hydrogen-bond donors (Lipinski definition) is 2. The zero-order valence-electron chi connectivity index (χ0n) is 14.3. The van der Waals surface area contributed by atoms with Gasteiger partial charge in [-0.1, -0.05) is 19.8 Å². The Labute approximate surface area is 143 Å². The summed E-state index contributed by atoms with van der Waals surface area (Å²) < 4.78 is 5.42. The van der Waals surface area contributed by atoms with E-state index in [1.165, 1.54) is 0 Å². The summed E-state index contributed by atoms with van der Waals surface area (Å²) in [7, 11) is 0. The van der Waals surface area contributed by atoms with Crippen LogP contribution in [0, 0.1) is 0 Å². The molecular formula is C19H25N3O2. The van der Waals surface area contributed by atoms with Crippen LogP contribution in [0.25, 0.3) is 0 Å². The van der Waals surface area contributed by atoms with E-state index in [1.807, 2.05) is 31.2 Å². The van der Waals surface area contributed by atoms with Gasteiger partial charge in [-0.3, -0.25) is 4.79 Å². The minimum atomic E-state index is -0.0664. The number of ether oxygens (including phenoxy) is 1. The van der Waals surface area contributed by atoms with Gasteiger partial charge in [-0.25, -0.2) is 4.98 Å². The van der Waals surface area contributed by atoms with Crippen molar-refractivity contribution < 1.29 is 9.53 Å². The molecule has 5 nitrogen and oxygen atoms in total. The van der Waals surface area contributed by atoms with Gasteiger partial charge in [0.05, 0.1) is 6.61 Å². The highest BCUT2D eigenvalue weighted by molar-refractivity contribution is 5.94. The molecule has 0 saturated carbocycles. The number of unbranched alkanes of at least 4 members (excludes halogenated alkanes) is 2. The molecule has 128 valence electrons. The third kappa shape index (κ3) is 5.57. The zero-order chi connectivity index (χ0) is 17.2. The number of anilines is 2. The number of amides is 1. The van der Waals surface area contributed by atoms with Crippen molar-refractivity contribution in [2.75, 3.05) is 18.5 Å². The van der Waals surface area contributed by atoms with E-state index in [9.17, 15) is 4.79 Å². The van der Waals surface area contributed by atoms with Gasteiger partial charge < -0.3 is 15.4 Å². The van der Waals surface area contributed by atoms with Crippen LogP contribution in [0.5, 0.6) is 5.75 Å². The highest BCUT2D eigenvalue weighted by Crippen LogP contribution is 2.19. The molecule has 1 aromatic heterocycles. The van der Waals surface area contributed by atoms with Crippen molar-refractivity contribution in [3.63, 3.8) is 0 Å². The first kappa shape index (κ1) is 17.8. The lowest BCUT2D eigenvalue weighted by Crippen LogP contribution is -2.24. The maximum Gasteiger partial charge on any atom is 0.251 e. The van der Waals surface area contributed by atoms with E-state index in [-0.39, 0.29) is 5.91 Å². The number of pyridine rings is 1. The van der Waals surface area contributed by atoms with Crippen LogP contribution in [-0.2, 0) is 0 Å². The molecule has 0 saturated heterocycles. The molecule has 5 heteroatoms. The molecule has 0 aliphatic heterocycles. The molecule has 0 aliphatic rings. The molecule has 24 heavy (non-hydrogen) atoms. The Bertz CT molecular complexity index is 641. The van der Waals surface area contributed by atoms with Crippen LogP contribution in [0.3, 0.4) is 0 Å². The monoisotopic (exact) mass is 327 g/mol. The first-order chi connectivity index (χ1) is 11.7. The third-order valence-electron chi connectivity index (χ3n) is 3.53. The normalized spacial score (nSPS) is 10.2. The molecule has 1 aromatic carbocycles. The number of aromatic nitrogens is 1. The molecule has 0 spiro atoms. The van der Waals surface area contributed by atoms with E-state index < -0.39 is 0 Å². The number of nitrogens with one attached hydrogen (secondary N) is 2. The third-order valence-corrected chi connectivity index (χ3v) is 3.53. The molecule has 2 N–H and O–H groups in total. The van der Waals surface area contributed by atoms with E-state index in [0.29, 0.717) is 24.5 Å². The first-order valence-electron chi connectivity index (χ1n) is 8.47. The second-order valence-electron chi connectivity index (χ2n) is 5.48. The fourth-order valence-electron chi connectivity index (χ4n) is 2.27. The van der Waals surface area contributed by atoms with Crippen molar-refractivity contribution in [2.45, 2.75) is 33.1 Å². The van der Waals surface area contributed by atoms with Gasteiger partial charge in [-0.05, 0) is 49.7 Å². The Hall–Kier alpha value is -2.56. The molecule has 2 rings (SSSR count). The lowest BCUT2D eigenvalue weighted by Gasteiger charge is -2.09. The quantitative estimate of drug-likeness (QED) is 0.679. The van der Waals surface area contributed by atoms with Crippen LogP contribution < -0.4 is 15.4 Å². The summed E-state index contributed by atoms with van der Waals surface area (Å²) in [6, 6.07) is 11.1. The number of hydrogen-bond acceptors (Lipinski definition) is 4. The topological polar surface area (TPSA) is 63.2 Å². The molecule has 0 fully saturated rings. The fourth-order valence-corrected chi connectivity index (χ4v) is 2.27. The first-order valence-corrected chi connectivity index (χ1v) is 8.47. The van der Waals surface area contributed by atoms with Crippen molar-refractivity contribution in [1.29, 1.82) is 0 Å². The van der Waals surface area contributed by atoms with E-state index in [4.69, 9.17) is 4.74 Å². The molecule has 0 atom stereocenters.